The number of aromatic hydroxyl groups is 1. The number of nitrogens with zero attached hydrogens (tertiary/aromatic N) is 6. The normalized spacial score (nSPS) is 15.4. The summed E-state index contributed by atoms with van der Waals surface area (Å²) in [7, 11) is 0. The zero-order valence-corrected chi connectivity index (χ0v) is 19.6. The third-order valence-corrected chi connectivity index (χ3v) is 6.89. The van der Waals surface area contributed by atoms with Gasteiger partial charge in [0.05, 0.1) is 28.7 Å². The Morgan fingerprint density at radius 3 is 2.60 bits per heavy atom. The molecule has 1 atom stereocenters. The molecule has 35 heavy (non-hydrogen) atoms. The van der Waals surface area contributed by atoms with E-state index >= 15 is 0 Å². The number of amides is 1. The molecule has 1 aliphatic heterocycles. The number of nitro benzene ring substituents is 1. The zero-order chi connectivity index (χ0) is 24.5. The summed E-state index contributed by atoms with van der Waals surface area (Å²) >= 11 is 1.28. The number of aromatic nitrogens is 3. The summed E-state index contributed by atoms with van der Waals surface area (Å²) in [6.07, 6.45) is 1.17. The molecular formula is C22H22N6O6S. The highest BCUT2D eigenvalue weighted by Crippen LogP contribution is 2.41. The van der Waals surface area contributed by atoms with Crippen LogP contribution in [-0.4, -0.2) is 73.3 Å². The Bertz CT molecular complexity index is 1340. The molecule has 182 valence electrons. The molecular weight excluding hydrogens is 476 g/mol. The number of hydrogen-bond acceptors (Lipinski definition) is 10. The Morgan fingerprint density at radius 2 is 2.00 bits per heavy atom. The number of piperazine rings is 1. The Labute approximate surface area is 203 Å². The second-order valence-electron chi connectivity index (χ2n) is 7.87. The van der Waals surface area contributed by atoms with Crippen LogP contribution in [0.25, 0.3) is 16.5 Å². The zero-order valence-electron chi connectivity index (χ0n) is 18.7. The van der Waals surface area contributed by atoms with Crippen LogP contribution in [0.2, 0.25) is 0 Å². The van der Waals surface area contributed by atoms with Crippen molar-refractivity contribution in [3.8, 4) is 17.5 Å². The number of ether oxygens (including phenoxy) is 1. The standard InChI is InChI=1S/C22H22N6O6S/c1-2-33-22(30)26-11-9-25(10-12-26)17(14-5-7-15(8-6-14)28(31)32)18-20(29)27-21(35-18)23-19(24-27)16-4-3-13-34-16/h3-8,13,17,29H,2,9-12H2,1H3. The minimum Gasteiger partial charge on any atom is -0.492 e. The van der Waals surface area contributed by atoms with E-state index in [4.69, 9.17) is 9.15 Å². The van der Waals surface area contributed by atoms with Crippen LogP contribution < -0.4 is 0 Å². The molecule has 1 aromatic carbocycles. The lowest BCUT2D eigenvalue weighted by atomic mass is 10.0. The molecule has 1 saturated heterocycles. The molecule has 12 nitrogen and oxygen atoms in total. The minimum atomic E-state index is -0.451. The van der Waals surface area contributed by atoms with Gasteiger partial charge in [-0.05, 0) is 24.6 Å². The van der Waals surface area contributed by atoms with Crippen LogP contribution in [0, 0.1) is 10.1 Å². The van der Waals surface area contributed by atoms with Gasteiger partial charge in [-0.3, -0.25) is 15.0 Å². The first-order valence-electron chi connectivity index (χ1n) is 11.0. The van der Waals surface area contributed by atoms with E-state index in [1.54, 1.807) is 36.1 Å². The van der Waals surface area contributed by atoms with Crippen molar-refractivity contribution < 1.29 is 24.0 Å². The molecule has 5 rings (SSSR count). The van der Waals surface area contributed by atoms with Gasteiger partial charge in [-0.25, -0.2) is 4.79 Å². The fourth-order valence-corrected chi connectivity index (χ4v) is 5.24. The van der Waals surface area contributed by atoms with Crippen LogP contribution in [0.5, 0.6) is 5.88 Å². The number of fused-ring (bicyclic) bond motifs is 1. The van der Waals surface area contributed by atoms with Gasteiger partial charge < -0.3 is 19.2 Å². The minimum absolute atomic E-state index is 0.0189. The summed E-state index contributed by atoms with van der Waals surface area (Å²) in [5.41, 5.74) is 0.751. The van der Waals surface area contributed by atoms with Crippen LogP contribution in [0.1, 0.15) is 23.4 Å². The van der Waals surface area contributed by atoms with Crippen LogP contribution in [0.15, 0.2) is 47.1 Å². The maximum Gasteiger partial charge on any atom is 0.409 e. The third-order valence-electron chi connectivity index (χ3n) is 5.81. The quantitative estimate of drug-likeness (QED) is 0.312. The first-order valence-corrected chi connectivity index (χ1v) is 11.8. The highest BCUT2D eigenvalue weighted by atomic mass is 32.1. The summed E-state index contributed by atoms with van der Waals surface area (Å²) in [6.45, 7) is 4.01. The molecule has 0 bridgehead atoms. The van der Waals surface area contributed by atoms with Gasteiger partial charge in [0.2, 0.25) is 16.7 Å². The highest BCUT2D eigenvalue weighted by molar-refractivity contribution is 7.17. The van der Waals surface area contributed by atoms with E-state index in [2.05, 4.69) is 15.0 Å². The van der Waals surface area contributed by atoms with Gasteiger partial charge in [0.25, 0.3) is 5.69 Å². The lowest BCUT2D eigenvalue weighted by molar-refractivity contribution is -0.384. The van der Waals surface area contributed by atoms with Crippen LogP contribution in [0.4, 0.5) is 10.5 Å². The van der Waals surface area contributed by atoms with Crippen molar-refractivity contribution in [1.82, 2.24) is 24.4 Å². The second-order valence-corrected chi connectivity index (χ2v) is 8.88. The number of hydrogen-bond donors (Lipinski definition) is 1. The number of thiazole rings is 1. The molecule has 13 heteroatoms. The Hall–Kier alpha value is -3.97. The largest absolute Gasteiger partial charge is 0.492 e. The van der Waals surface area contributed by atoms with Crippen molar-refractivity contribution in [3.05, 3.63) is 63.2 Å². The average molecular weight is 499 g/mol. The molecule has 4 heterocycles. The molecule has 0 saturated carbocycles. The fraction of sp³-hybridized carbons (Fsp3) is 0.318. The topological polar surface area (TPSA) is 139 Å². The fourth-order valence-electron chi connectivity index (χ4n) is 4.12. The molecule has 0 spiro atoms. The number of carbonyl (C=O) groups excluding carboxylic acids is 1. The number of nitro groups is 1. The summed E-state index contributed by atoms with van der Waals surface area (Å²) in [5, 5.41) is 26.7. The summed E-state index contributed by atoms with van der Waals surface area (Å²) in [6, 6.07) is 9.31. The smallest absolute Gasteiger partial charge is 0.409 e. The number of carbonyl (C=O) groups is 1. The van der Waals surface area contributed by atoms with E-state index in [-0.39, 0.29) is 17.7 Å². The van der Waals surface area contributed by atoms with Crippen molar-refractivity contribution in [2.75, 3.05) is 32.8 Å². The molecule has 4 aromatic rings. The molecule has 1 N–H and O–H groups in total. The molecule has 1 aliphatic rings. The number of rotatable bonds is 6. The maximum atomic E-state index is 12.1. The van der Waals surface area contributed by atoms with Crippen LogP contribution >= 0.6 is 11.3 Å². The maximum absolute atomic E-state index is 12.1. The van der Waals surface area contributed by atoms with Crippen molar-refractivity contribution in [1.29, 1.82) is 0 Å². The molecule has 3 aromatic heterocycles. The number of benzene rings is 1. The van der Waals surface area contributed by atoms with Crippen molar-refractivity contribution in [2.24, 2.45) is 0 Å². The summed E-state index contributed by atoms with van der Waals surface area (Å²) in [4.78, 5) is 32.2. The summed E-state index contributed by atoms with van der Waals surface area (Å²) < 4.78 is 11.8. The van der Waals surface area contributed by atoms with Gasteiger partial charge in [0.15, 0.2) is 5.76 Å². The lowest BCUT2D eigenvalue weighted by Crippen LogP contribution is -2.49. The highest BCUT2D eigenvalue weighted by Gasteiger charge is 2.33. The first-order chi connectivity index (χ1) is 17.0. The van der Waals surface area contributed by atoms with E-state index in [0.29, 0.717) is 54.2 Å². The second kappa shape index (κ2) is 9.35. The summed E-state index contributed by atoms with van der Waals surface area (Å²) in [5.74, 6) is 0.786. The van der Waals surface area contributed by atoms with E-state index in [1.807, 2.05) is 0 Å². The van der Waals surface area contributed by atoms with Gasteiger partial charge in [-0.2, -0.15) is 9.50 Å². The molecule has 0 radical (unpaired) electrons. The predicted octanol–water partition coefficient (Wildman–Crippen LogP) is 3.53. The van der Waals surface area contributed by atoms with Gasteiger partial charge in [-0.15, -0.1) is 5.10 Å². The number of furan rings is 1. The van der Waals surface area contributed by atoms with E-state index in [1.165, 1.54) is 34.2 Å². The van der Waals surface area contributed by atoms with E-state index < -0.39 is 11.0 Å². The van der Waals surface area contributed by atoms with Crippen molar-refractivity contribution in [3.63, 3.8) is 0 Å². The molecule has 0 aliphatic carbocycles. The first kappa shape index (κ1) is 22.8. The molecule has 1 amide bonds. The van der Waals surface area contributed by atoms with Crippen molar-refractivity contribution in [2.45, 2.75) is 13.0 Å². The van der Waals surface area contributed by atoms with Gasteiger partial charge in [0.1, 0.15) is 0 Å². The Kier molecular flexibility index (Phi) is 6.09. The SMILES string of the molecule is CCOC(=O)N1CCN(C(c2ccc([N+](=O)[O-])cc2)c2sc3nc(-c4ccco4)nn3c2O)CC1. The molecule has 1 unspecified atom stereocenters. The lowest BCUT2D eigenvalue weighted by Gasteiger charge is -2.38. The Morgan fingerprint density at radius 1 is 1.26 bits per heavy atom. The van der Waals surface area contributed by atoms with Gasteiger partial charge in [-0.1, -0.05) is 23.5 Å². The molecule has 1 fully saturated rings. The monoisotopic (exact) mass is 498 g/mol. The average Bonchev–Trinajstić information content (AvgIpc) is 3.59. The van der Waals surface area contributed by atoms with Crippen molar-refractivity contribution >= 4 is 28.1 Å². The van der Waals surface area contributed by atoms with E-state index in [0.717, 1.165) is 5.56 Å². The third kappa shape index (κ3) is 4.31. The van der Waals surface area contributed by atoms with E-state index in [9.17, 15) is 20.0 Å². The van der Waals surface area contributed by atoms with Crippen LogP contribution in [-0.2, 0) is 4.74 Å². The predicted molar refractivity (Wildman–Crippen MR) is 125 cm³/mol. The Balaban J connectivity index is 1.49. The number of non-ortho nitro benzene ring substituents is 1. The van der Waals surface area contributed by atoms with Crippen LogP contribution in [0.3, 0.4) is 0 Å². The van der Waals surface area contributed by atoms with Gasteiger partial charge in [0, 0.05) is 38.3 Å². The van der Waals surface area contributed by atoms with Gasteiger partial charge >= 0.3 is 6.09 Å².